The first kappa shape index (κ1) is 12.5. The van der Waals surface area contributed by atoms with Gasteiger partial charge in [-0.2, -0.15) is 0 Å². The number of hydrogen-bond acceptors (Lipinski definition) is 3. The first-order chi connectivity index (χ1) is 7.13. The highest BCUT2D eigenvalue weighted by molar-refractivity contribution is 5.76. The predicted octanol–water partition coefficient (Wildman–Crippen LogP) is 0.262. The monoisotopic (exact) mass is 214 g/mol. The second-order valence-electron chi connectivity index (χ2n) is 4.58. The number of hydrogen-bond donors (Lipinski definition) is 3. The Labute approximate surface area is 91.4 Å². The normalized spacial score (nSPS) is 17.9. The van der Waals surface area contributed by atoms with Gasteiger partial charge >= 0.3 is 0 Å². The zero-order valence-electron chi connectivity index (χ0n) is 9.62. The summed E-state index contributed by atoms with van der Waals surface area (Å²) in [5, 5.41) is 15.2. The van der Waals surface area contributed by atoms with Crippen LogP contribution in [0, 0.1) is 5.92 Å². The van der Waals surface area contributed by atoms with Crippen LogP contribution < -0.4 is 10.6 Å². The molecule has 0 aliphatic heterocycles. The molecule has 1 atom stereocenters. The zero-order chi connectivity index (χ0) is 11.3. The molecule has 4 heteroatoms. The van der Waals surface area contributed by atoms with E-state index in [0.717, 1.165) is 6.54 Å². The minimum Gasteiger partial charge on any atom is -0.394 e. The molecule has 88 valence electrons. The minimum atomic E-state index is -0.113. The van der Waals surface area contributed by atoms with Crippen molar-refractivity contribution in [3.8, 4) is 0 Å². The standard InChI is InChI=1S/C11H22N2O2/c1-8(2)10(7-14)13-11(15)5-6-12-9-3-4-9/h8-10,12,14H,3-7H2,1-2H3,(H,13,15)/t10-/m1/s1. The van der Waals surface area contributed by atoms with E-state index in [-0.39, 0.29) is 24.5 Å². The van der Waals surface area contributed by atoms with Gasteiger partial charge in [-0.3, -0.25) is 4.79 Å². The van der Waals surface area contributed by atoms with Crippen LogP contribution in [0.5, 0.6) is 0 Å². The Balaban J connectivity index is 2.09. The van der Waals surface area contributed by atoms with E-state index < -0.39 is 0 Å². The summed E-state index contributed by atoms with van der Waals surface area (Å²) >= 11 is 0. The van der Waals surface area contributed by atoms with Gasteiger partial charge in [0, 0.05) is 19.0 Å². The van der Waals surface area contributed by atoms with Crippen LogP contribution in [0.4, 0.5) is 0 Å². The molecule has 0 saturated heterocycles. The fourth-order valence-corrected chi connectivity index (χ4v) is 1.38. The number of nitrogens with one attached hydrogen (secondary N) is 2. The molecule has 0 aromatic rings. The maximum atomic E-state index is 11.5. The van der Waals surface area contributed by atoms with Crippen molar-refractivity contribution < 1.29 is 9.90 Å². The van der Waals surface area contributed by atoms with Crippen LogP contribution in [-0.4, -0.2) is 36.2 Å². The van der Waals surface area contributed by atoms with E-state index in [9.17, 15) is 4.79 Å². The first-order valence-corrected chi connectivity index (χ1v) is 5.77. The van der Waals surface area contributed by atoms with Gasteiger partial charge < -0.3 is 15.7 Å². The second-order valence-corrected chi connectivity index (χ2v) is 4.58. The SMILES string of the molecule is CC(C)[C@@H](CO)NC(=O)CCNC1CC1. The van der Waals surface area contributed by atoms with E-state index in [1.807, 2.05) is 13.8 Å². The average molecular weight is 214 g/mol. The molecule has 0 heterocycles. The van der Waals surface area contributed by atoms with Gasteiger partial charge in [0.2, 0.25) is 5.91 Å². The highest BCUT2D eigenvalue weighted by atomic mass is 16.3. The smallest absolute Gasteiger partial charge is 0.221 e. The highest BCUT2D eigenvalue weighted by Crippen LogP contribution is 2.18. The molecule has 3 N–H and O–H groups in total. The third-order valence-corrected chi connectivity index (χ3v) is 2.71. The molecule has 4 nitrogen and oxygen atoms in total. The second kappa shape index (κ2) is 6.08. The summed E-state index contributed by atoms with van der Waals surface area (Å²) in [7, 11) is 0. The molecular weight excluding hydrogens is 192 g/mol. The molecule has 15 heavy (non-hydrogen) atoms. The van der Waals surface area contributed by atoms with E-state index in [0.29, 0.717) is 12.5 Å². The Morgan fingerprint density at radius 3 is 2.60 bits per heavy atom. The van der Waals surface area contributed by atoms with Gasteiger partial charge in [0.05, 0.1) is 12.6 Å². The maximum absolute atomic E-state index is 11.5. The van der Waals surface area contributed by atoms with E-state index in [1.54, 1.807) is 0 Å². The van der Waals surface area contributed by atoms with Crippen LogP contribution >= 0.6 is 0 Å². The fraction of sp³-hybridized carbons (Fsp3) is 0.909. The largest absolute Gasteiger partial charge is 0.394 e. The van der Waals surface area contributed by atoms with Crippen molar-refractivity contribution >= 4 is 5.91 Å². The lowest BCUT2D eigenvalue weighted by Crippen LogP contribution is -2.42. The molecule has 1 aliphatic rings. The maximum Gasteiger partial charge on any atom is 0.221 e. The minimum absolute atomic E-state index is 0.0134. The quantitative estimate of drug-likeness (QED) is 0.570. The van der Waals surface area contributed by atoms with Crippen molar-refractivity contribution in [1.29, 1.82) is 0 Å². The van der Waals surface area contributed by atoms with E-state index >= 15 is 0 Å². The predicted molar refractivity (Wildman–Crippen MR) is 59.5 cm³/mol. The van der Waals surface area contributed by atoms with Crippen molar-refractivity contribution in [3.05, 3.63) is 0 Å². The molecule has 0 bridgehead atoms. The molecule has 0 spiro atoms. The molecule has 0 radical (unpaired) electrons. The van der Waals surface area contributed by atoms with Crippen LogP contribution in [-0.2, 0) is 4.79 Å². The number of carbonyl (C=O) groups is 1. The van der Waals surface area contributed by atoms with Gasteiger partial charge in [0.25, 0.3) is 0 Å². The van der Waals surface area contributed by atoms with Crippen molar-refractivity contribution in [3.63, 3.8) is 0 Å². The van der Waals surface area contributed by atoms with E-state index in [1.165, 1.54) is 12.8 Å². The summed E-state index contributed by atoms with van der Waals surface area (Å²) in [5.41, 5.74) is 0. The fourth-order valence-electron chi connectivity index (χ4n) is 1.38. The third-order valence-electron chi connectivity index (χ3n) is 2.71. The Hall–Kier alpha value is -0.610. The lowest BCUT2D eigenvalue weighted by Gasteiger charge is -2.19. The summed E-state index contributed by atoms with van der Waals surface area (Å²) in [6, 6.07) is 0.537. The zero-order valence-corrected chi connectivity index (χ0v) is 9.62. The summed E-state index contributed by atoms with van der Waals surface area (Å²) in [6.45, 7) is 4.74. The molecule has 0 unspecified atom stereocenters. The van der Waals surface area contributed by atoms with Crippen molar-refractivity contribution in [2.75, 3.05) is 13.2 Å². The van der Waals surface area contributed by atoms with Gasteiger partial charge in [0.15, 0.2) is 0 Å². The Bertz CT molecular complexity index is 203. The summed E-state index contributed by atoms with van der Waals surface area (Å²) in [6.07, 6.45) is 2.99. The first-order valence-electron chi connectivity index (χ1n) is 5.77. The highest BCUT2D eigenvalue weighted by Gasteiger charge is 2.20. The molecule has 1 aliphatic carbocycles. The molecule has 1 saturated carbocycles. The Morgan fingerprint density at radius 2 is 2.13 bits per heavy atom. The van der Waals surface area contributed by atoms with Crippen molar-refractivity contribution in [1.82, 2.24) is 10.6 Å². The van der Waals surface area contributed by atoms with Crippen molar-refractivity contribution in [2.24, 2.45) is 5.92 Å². The molecule has 1 rings (SSSR count). The average Bonchev–Trinajstić information content (AvgIpc) is 2.97. The number of aliphatic hydroxyl groups is 1. The molecule has 1 fully saturated rings. The van der Waals surface area contributed by atoms with Gasteiger partial charge in [-0.25, -0.2) is 0 Å². The summed E-state index contributed by atoms with van der Waals surface area (Å²) in [5.74, 6) is 0.297. The third kappa shape index (κ3) is 5.14. The van der Waals surface area contributed by atoms with Crippen LogP contribution in [0.2, 0.25) is 0 Å². The van der Waals surface area contributed by atoms with Gasteiger partial charge in [-0.05, 0) is 18.8 Å². The lowest BCUT2D eigenvalue weighted by atomic mass is 10.1. The van der Waals surface area contributed by atoms with Gasteiger partial charge in [-0.15, -0.1) is 0 Å². The van der Waals surface area contributed by atoms with Crippen LogP contribution in [0.1, 0.15) is 33.1 Å². The number of amides is 1. The van der Waals surface area contributed by atoms with Crippen LogP contribution in [0.15, 0.2) is 0 Å². The topological polar surface area (TPSA) is 61.4 Å². The molecule has 0 aromatic heterocycles. The molecular formula is C11H22N2O2. The number of carbonyl (C=O) groups excluding carboxylic acids is 1. The number of aliphatic hydroxyl groups excluding tert-OH is 1. The Kier molecular flexibility index (Phi) is 5.05. The Morgan fingerprint density at radius 1 is 1.47 bits per heavy atom. The van der Waals surface area contributed by atoms with Gasteiger partial charge in [0.1, 0.15) is 0 Å². The van der Waals surface area contributed by atoms with E-state index in [4.69, 9.17) is 5.11 Å². The van der Waals surface area contributed by atoms with Gasteiger partial charge in [-0.1, -0.05) is 13.8 Å². The van der Waals surface area contributed by atoms with E-state index in [2.05, 4.69) is 10.6 Å². The van der Waals surface area contributed by atoms with Crippen LogP contribution in [0.25, 0.3) is 0 Å². The number of rotatable bonds is 7. The summed E-state index contributed by atoms with van der Waals surface area (Å²) < 4.78 is 0. The van der Waals surface area contributed by atoms with Crippen molar-refractivity contribution in [2.45, 2.75) is 45.2 Å². The summed E-state index contributed by atoms with van der Waals surface area (Å²) in [4.78, 5) is 11.5. The van der Waals surface area contributed by atoms with Crippen LogP contribution in [0.3, 0.4) is 0 Å². The lowest BCUT2D eigenvalue weighted by molar-refractivity contribution is -0.122. The molecule has 1 amide bonds. The molecule has 0 aromatic carbocycles.